The number of hydrogen-bond acceptors (Lipinski definition) is 1. The second-order valence-electron chi connectivity index (χ2n) is 16.3. The van der Waals surface area contributed by atoms with Gasteiger partial charge in [-0.15, -0.1) is 0 Å². The normalized spacial score (nSPS) is 15.6. The van der Waals surface area contributed by atoms with Gasteiger partial charge in [-0.3, -0.25) is 0 Å². The molecule has 2 heteroatoms. The summed E-state index contributed by atoms with van der Waals surface area (Å²) < 4.78 is 2.37. The quantitative estimate of drug-likeness (QED) is 0.166. The molecule has 0 atom stereocenters. The summed E-state index contributed by atoms with van der Waals surface area (Å²) in [5.74, 6) is 0. The lowest BCUT2D eigenvalue weighted by molar-refractivity contribution is 0.659. The average Bonchev–Trinajstić information content (AvgIpc) is 3.76. The fourth-order valence-corrected chi connectivity index (χ4v) is 9.63. The highest BCUT2D eigenvalue weighted by molar-refractivity contribution is 6.09. The minimum Gasteiger partial charge on any atom is -0.310 e. The Bertz CT molecular complexity index is 2880. The topological polar surface area (TPSA) is 8.17 Å². The van der Waals surface area contributed by atoms with Gasteiger partial charge >= 0.3 is 0 Å². The number of allylic oxidation sites excluding steroid dienone is 4. The van der Waals surface area contributed by atoms with Crippen molar-refractivity contribution in [2.24, 2.45) is 0 Å². The number of fused-ring (bicyclic) bond motifs is 7. The highest BCUT2D eigenvalue weighted by atomic mass is 15.1. The van der Waals surface area contributed by atoms with Gasteiger partial charge in [-0.25, -0.2) is 0 Å². The van der Waals surface area contributed by atoms with Crippen molar-refractivity contribution in [3.05, 3.63) is 211 Å². The summed E-state index contributed by atoms with van der Waals surface area (Å²) in [6.07, 6.45) is 3.98. The minimum atomic E-state index is -0.213. The monoisotopic (exact) mass is 720 g/mol. The van der Waals surface area contributed by atoms with E-state index in [9.17, 15) is 0 Å². The molecule has 1 aromatic heterocycles. The van der Waals surface area contributed by atoms with Crippen molar-refractivity contribution in [2.75, 3.05) is 4.90 Å². The van der Waals surface area contributed by atoms with Crippen LogP contribution in [0.25, 0.3) is 55.3 Å². The molecule has 0 spiro atoms. The predicted octanol–water partition coefficient (Wildman–Crippen LogP) is 14.6. The third kappa shape index (κ3) is 4.88. The summed E-state index contributed by atoms with van der Waals surface area (Å²) >= 11 is 0. The van der Waals surface area contributed by atoms with Crippen molar-refractivity contribution >= 4 is 44.4 Å². The maximum Gasteiger partial charge on any atom is 0.0541 e. The number of para-hydroxylation sites is 2. The van der Waals surface area contributed by atoms with Gasteiger partial charge < -0.3 is 9.47 Å². The lowest BCUT2D eigenvalue weighted by Gasteiger charge is -2.33. The SMILES string of the molecule is C=C/C=C1\C(=C)C(C)(C)c2cc(N(c3ccc(-c4ccc(-n5c6ccccc6c6ccccc65)cc4)cc3)c3cccc4c3C(C)(C)c3ccccc3-4)ccc21. The molecular formula is C54H44N2. The van der Waals surface area contributed by atoms with Gasteiger partial charge in [-0.1, -0.05) is 156 Å². The average molecular weight is 721 g/mol. The Morgan fingerprint density at radius 1 is 0.536 bits per heavy atom. The van der Waals surface area contributed by atoms with E-state index in [1.807, 2.05) is 6.08 Å². The van der Waals surface area contributed by atoms with Crippen molar-refractivity contribution in [1.29, 1.82) is 0 Å². The molecule has 0 saturated heterocycles. The molecule has 0 radical (unpaired) electrons. The molecule has 0 unspecified atom stereocenters. The first-order chi connectivity index (χ1) is 27.2. The summed E-state index contributed by atoms with van der Waals surface area (Å²) in [5, 5.41) is 2.54. The largest absolute Gasteiger partial charge is 0.310 e. The molecule has 2 nitrogen and oxygen atoms in total. The Labute approximate surface area is 330 Å². The Kier molecular flexibility index (Phi) is 7.53. The fraction of sp³-hybridized carbons (Fsp3) is 0.111. The number of hydrogen-bond donors (Lipinski definition) is 0. The van der Waals surface area contributed by atoms with Gasteiger partial charge in [0.25, 0.3) is 0 Å². The van der Waals surface area contributed by atoms with Gasteiger partial charge in [0.1, 0.15) is 0 Å². The van der Waals surface area contributed by atoms with Crippen molar-refractivity contribution in [2.45, 2.75) is 38.5 Å². The van der Waals surface area contributed by atoms with Crippen LogP contribution in [0.5, 0.6) is 0 Å². The van der Waals surface area contributed by atoms with Crippen molar-refractivity contribution in [3.63, 3.8) is 0 Å². The van der Waals surface area contributed by atoms with Gasteiger partial charge in [0.2, 0.25) is 0 Å². The van der Waals surface area contributed by atoms with Gasteiger partial charge in [-0.05, 0) is 110 Å². The van der Waals surface area contributed by atoms with E-state index in [1.54, 1.807) is 0 Å². The molecular weight excluding hydrogens is 677 g/mol. The van der Waals surface area contributed by atoms with Gasteiger partial charge in [0.05, 0.1) is 16.7 Å². The molecule has 0 amide bonds. The third-order valence-electron chi connectivity index (χ3n) is 12.6. The van der Waals surface area contributed by atoms with E-state index in [-0.39, 0.29) is 10.8 Å². The number of benzene rings is 7. The van der Waals surface area contributed by atoms with E-state index >= 15 is 0 Å². The van der Waals surface area contributed by atoms with E-state index in [2.05, 4.69) is 214 Å². The molecule has 0 saturated carbocycles. The molecule has 0 N–H and O–H groups in total. The van der Waals surface area contributed by atoms with Crippen LogP contribution < -0.4 is 4.90 Å². The van der Waals surface area contributed by atoms with Gasteiger partial charge in [0.15, 0.2) is 0 Å². The Morgan fingerprint density at radius 2 is 1.12 bits per heavy atom. The van der Waals surface area contributed by atoms with Crippen molar-refractivity contribution in [1.82, 2.24) is 4.57 Å². The Balaban J connectivity index is 1.09. The maximum absolute atomic E-state index is 4.56. The van der Waals surface area contributed by atoms with Crippen molar-refractivity contribution in [3.8, 4) is 27.9 Å². The van der Waals surface area contributed by atoms with Crippen LogP contribution in [0.1, 0.15) is 49.9 Å². The third-order valence-corrected chi connectivity index (χ3v) is 12.6. The molecule has 2 aliphatic carbocycles. The number of aromatic nitrogens is 1. The van der Waals surface area contributed by atoms with Gasteiger partial charge in [0, 0.05) is 38.7 Å². The summed E-state index contributed by atoms with van der Waals surface area (Å²) in [4.78, 5) is 2.47. The number of nitrogens with zero attached hydrogens (tertiary/aromatic N) is 2. The second-order valence-corrected chi connectivity index (χ2v) is 16.3. The van der Waals surface area contributed by atoms with Crippen LogP contribution in [0, 0.1) is 0 Å². The van der Waals surface area contributed by atoms with Crippen LogP contribution in [0.3, 0.4) is 0 Å². The molecule has 56 heavy (non-hydrogen) atoms. The summed E-state index contributed by atoms with van der Waals surface area (Å²) in [6, 6.07) is 58.1. The zero-order valence-corrected chi connectivity index (χ0v) is 32.5. The molecule has 8 aromatic rings. The smallest absolute Gasteiger partial charge is 0.0541 e. The zero-order chi connectivity index (χ0) is 38.3. The van der Waals surface area contributed by atoms with Crippen molar-refractivity contribution < 1.29 is 0 Å². The van der Waals surface area contributed by atoms with Crippen LogP contribution in [-0.2, 0) is 10.8 Å². The Hall–Kier alpha value is -6.64. The molecule has 2 aliphatic rings. The molecule has 0 fully saturated rings. The lowest BCUT2D eigenvalue weighted by Crippen LogP contribution is -2.21. The van der Waals surface area contributed by atoms with Crippen LogP contribution in [-0.4, -0.2) is 4.57 Å². The van der Waals surface area contributed by atoms with E-state index in [0.717, 1.165) is 22.6 Å². The summed E-state index contributed by atoms with van der Waals surface area (Å²) in [7, 11) is 0. The second kappa shape index (κ2) is 12.4. The zero-order valence-electron chi connectivity index (χ0n) is 32.5. The molecule has 0 bridgehead atoms. The summed E-state index contributed by atoms with van der Waals surface area (Å²) in [6.45, 7) is 17.9. The maximum atomic E-state index is 4.56. The molecule has 7 aromatic carbocycles. The standard InChI is InChI=1S/C54H44N2/c1-7-15-41-35(2)53(3,4)48-34-40(32-33-43(41)48)55(51-23-14-19-46-42-16-8-11-20-47(42)54(5,6)52(46)51)38-28-24-36(25-29-38)37-26-30-39(31-27-37)56-49-21-12-9-17-44(49)45-18-10-13-22-50(45)56/h7-34H,1-2H2,3-6H3/b41-15+. The van der Waals surface area contributed by atoms with Crippen LogP contribution in [0.2, 0.25) is 0 Å². The first-order valence-electron chi connectivity index (χ1n) is 19.6. The number of anilines is 3. The summed E-state index contributed by atoms with van der Waals surface area (Å²) in [5.41, 5.74) is 19.2. The predicted molar refractivity (Wildman–Crippen MR) is 239 cm³/mol. The van der Waals surface area contributed by atoms with Gasteiger partial charge in [-0.2, -0.15) is 0 Å². The van der Waals surface area contributed by atoms with E-state index < -0.39 is 0 Å². The van der Waals surface area contributed by atoms with Crippen LogP contribution in [0.15, 0.2) is 189 Å². The number of rotatable bonds is 6. The highest BCUT2D eigenvalue weighted by Gasteiger charge is 2.40. The van der Waals surface area contributed by atoms with E-state index in [4.69, 9.17) is 0 Å². The van der Waals surface area contributed by atoms with E-state index in [1.165, 1.54) is 77.6 Å². The van der Waals surface area contributed by atoms with Crippen LogP contribution >= 0.6 is 0 Å². The molecule has 1 heterocycles. The first kappa shape index (κ1) is 33.9. The molecule has 10 rings (SSSR count). The molecule has 270 valence electrons. The van der Waals surface area contributed by atoms with Crippen LogP contribution in [0.4, 0.5) is 17.1 Å². The fourth-order valence-electron chi connectivity index (χ4n) is 9.63. The first-order valence-corrected chi connectivity index (χ1v) is 19.6. The Morgan fingerprint density at radius 3 is 1.80 bits per heavy atom. The lowest BCUT2D eigenvalue weighted by atomic mass is 9.81. The van der Waals surface area contributed by atoms with E-state index in [0.29, 0.717) is 0 Å². The minimum absolute atomic E-state index is 0.178. The molecule has 0 aliphatic heterocycles. The highest BCUT2D eigenvalue weighted by Crippen LogP contribution is 2.55.